The van der Waals surface area contributed by atoms with E-state index in [1.54, 1.807) is 23.3 Å². The topological polar surface area (TPSA) is 29.1 Å². The van der Waals surface area contributed by atoms with Crippen molar-refractivity contribution in [1.29, 1.82) is 0 Å². The third-order valence-electron chi connectivity index (χ3n) is 8.70. The molecular weight excluding hydrogens is 413 g/mol. The van der Waals surface area contributed by atoms with E-state index < -0.39 is 0 Å². The van der Waals surface area contributed by atoms with E-state index in [1.165, 1.54) is 32.1 Å². The van der Waals surface area contributed by atoms with Crippen LogP contribution in [0.2, 0.25) is 10.0 Å². The zero-order valence-electron chi connectivity index (χ0n) is 18.8. The van der Waals surface area contributed by atoms with Gasteiger partial charge >= 0.3 is 0 Å². The highest BCUT2D eigenvalue weighted by Crippen LogP contribution is 2.62. The largest absolute Gasteiger partial charge is 0.324 e. The molecule has 1 fully saturated rings. The van der Waals surface area contributed by atoms with Gasteiger partial charge in [-0.15, -0.1) is 0 Å². The minimum Gasteiger partial charge on any atom is -0.324 e. The number of fused-ring (bicyclic) bond motifs is 2. The number of halogens is 2. The van der Waals surface area contributed by atoms with E-state index >= 15 is 0 Å². The summed E-state index contributed by atoms with van der Waals surface area (Å²) in [5, 5.41) is 4.23. The van der Waals surface area contributed by atoms with Crippen LogP contribution < -0.4 is 5.32 Å². The van der Waals surface area contributed by atoms with Crippen LogP contribution in [-0.2, 0) is 4.79 Å². The minimum atomic E-state index is -0.372. The van der Waals surface area contributed by atoms with E-state index in [4.69, 9.17) is 23.2 Å². The van der Waals surface area contributed by atoms with Crippen molar-refractivity contribution in [3.05, 3.63) is 39.4 Å². The molecule has 164 valence electrons. The van der Waals surface area contributed by atoms with Crippen LogP contribution in [0.25, 0.3) is 0 Å². The molecule has 3 aliphatic carbocycles. The normalized spacial score (nSPS) is 33.8. The van der Waals surface area contributed by atoms with Gasteiger partial charge in [0.1, 0.15) is 0 Å². The summed E-state index contributed by atoms with van der Waals surface area (Å²) in [5.41, 5.74) is 3.88. The first kappa shape index (κ1) is 22.2. The predicted molar refractivity (Wildman–Crippen MR) is 127 cm³/mol. The van der Waals surface area contributed by atoms with Gasteiger partial charge in [-0.1, -0.05) is 68.5 Å². The highest BCUT2D eigenvalue weighted by molar-refractivity contribution is 6.36. The van der Waals surface area contributed by atoms with E-state index in [0.717, 1.165) is 31.1 Å². The fourth-order valence-electron chi connectivity index (χ4n) is 6.88. The Morgan fingerprint density at radius 3 is 2.60 bits per heavy atom. The van der Waals surface area contributed by atoms with E-state index in [-0.39, 0.29) is 16.7 Å². The van der Waals surface area contributed by atoms with Gasteiger partial charge < -0.3 is 5.32 Å². The first-order valence-corrected chi connectivity index (χ1v) is 12.4. The van der Waals surface area contributed by atoms with Crippen molar-refractivity contribution in [2.45, 2.75) is 79.1 Å². The Bertz CT molecular complexity index is 876. The number of hydrogen-bond donors (Lipinski definition) is 1. The van der Waals surface area contributed by atoms with E-state index in [1.807, 2.05) is 6.07 Å². The fourth-order valence-corrected chi connectivity index (χ4v) is 7.33. The Balaban J connectivity index is 1.61. The Labute approximate surface area is 191 Å². The lowest BCUT2D eigenvalue weighted by atomic mass is 9.48. The summed E-state index contributed by atoms with van der Waals surface area (Å²) in [6.45, 7) is 9.39. The molecule has 0 saturated heterocycles. The van der Waals surface area contributed by atoms with Crippen LogP contribution in [-0.4, -0.2) is 5.91 Å². The number of hydrogen-bond acceptors (Lipinski definition) is 1. The van der Waals surface area contributed by atoms with Gasteiger partial charge in [0.2, 0.25) is 5.91 Å². The SMILES string of the molecule is CC(C)C1CCC2=C(CCC3C2(C)CCC[C@@]3(C)C(=O)Nc2ccc(Cl)cc2Cl)C1. The Hall–Kier alpha value is -0.990. The number of anilines is 1. The van der Waals surface area contributed by atoms with Gasteiger partial charge in [-0.05, 0) is 86.3 Å². The molecule has 1 amide bonds. The second-order valence-corrected chi connectivity index (χ2v) is 11.5. The smallest absolute Gasteiger partial charge is 0.230 e. The van der Waals surface area contributed by atoms with Gasteiger partial charge in [0, 0.05) is 5.02 Å². The van der Waals surface area contributed by atoms with E-state index in [2.05, 4.69) is 33.0 Å². The van der Waals surface area contributed by atoms with Gasteiger partial charge in [0.25, 0.3) is 0 Å². The fraction of sp³-hybridized carbons (Fsp3) is 0.654. The summed E-state index contributed by atoms with van der Waals surface area (Å²) >= 11 is 12.4. The summed E-state index contributed by atoms with van der Waals surface area (Å²) in [4.78, 5) is 13.6. The first-order chi connectivity index (χ1) is 14.1. The molecule has 0 bridgehead atoms. The van der Waals surface area contributed by atoms with Gasteiger partial charge in [0.05, 0.1) is 16.1 Å². The van der Waals surface area contributed by atoms with Gasteiger partial charge in [-0.3, -0.25) is 4.79 Å². The van der Waals surface area contributed by atoms with Crippen LogP contribution in [0.5, 0.6) is 0 Å². The van der Waals surface area contributed by atoms with Crippen molar-refractivity contribution in [2.75, 3.05) is 5.32 Å². The molecule has 1 aromatic carbocycles. The van der Waals surface area contributed by atoms with Crippen LogP contribution in [0, 0.1) is 28.6 Å². The number of amides is 1. The molecule has 3 unspecified atom stereocenters. The maximum atomic E-state index is 13.6. The molecule has 1 saturated carbocycles. The quantitative estimate of drug-likeness (QED) is 0.463. The van der Waals surface area contributed by atoms with Gasteiger partial charge in [0.15, 0.2) is 0 Å². The zero-order valence-corrected chi connectivity index (χ0v) is 20.3. The Kier molecular flexibility index (Phi) is 6.05. The standard InChI is InChI=1S/C26H35Cl2NO/c1-16(2)17-6-9-20-18(14-17)7-11-23-25(20,3)12-5-13-26(23,4)24(30)29-22-10-8-19(27)15-21(22)28/h8,10,15-17,23H,5-7,9,11-14H2,1-4H3,(H,29,30)/t17?,23?,25?,26-/m1/s1. The Morgan fingerprint density at radius 1 is 1.13 bits per heavy atom. The van der Waals surface area contributed by atoms with Crippen LogP contribution in [0.1, 0.15) is 79.1 Å². The number of carbonyl (C=O) groups is 1. The number of allylic oxidation sites excluding steroid dienone is 2. The summed E-state index contributed by atoms with van der Waals surface area (Å²) in [7, 11) is 0. The number of benzene rings is 1. The lowest BCUT2D eigenvalue weighted by Gasteiger charge is -2.56. The number of carbonyl (C=O) groups excluding carboxylic acids is 1. The second-order valence-electron chi connectivity index (χ2n) is 10.7. The highest BCUT2D eigenvalue weighted by Gasteiger charge is 2.56. The molecule has 1 aromatic rings. The molecule has 0 radical (unpaired) electrons. The summed E-state index contributed by atoms with van der Waals surface area (Å²) in [6.07, 6.45) is 9.37. The first-order valence-electron chi connectivity index (χ1n) is 11.6. The molecule has 0 spiro atoms. The third-order valence-corrected chi connectivity index (χ3v) is 9.24. The lowest BCUT2D eigenvalue weighted by molar-refractivity contribution is -0.135. The molecule has 2 nitrogen and oxygen atoms in total. The van der Waals surface area contributed by atoms with Crippen LogP contribution in [0.15, 0.2) is 29.3 Å². The van der Waals surface area contributed by atoms with Crippen molar-refractivity contribution >= 4 is 34.8 Å². The van der Waals surface area contributed by atoms with Crippen molar-refractivity contribution in [3.8, 4) is 0 Å². The third kappa shape index (κ3) is 3.73. The van der Waals surface area contributed by atoms with E-state index in [0.29, 0.717) is 21.7 Å². The van der Waals surface area contributed by atoms with Crippen molar-refractivity contribution in [2.24, 2.45) is 28.6 Å². The summed E-state index contributed by atoms with van der Waals surface area (Å²) in [5.74, 6) is 2.09. The molecule has 0 heterocycles. The minimum absolute atomic E-state index is 0.113. The molecule has 0 aliphatic heterocycles. The molecule has 30 heavy (non-hydrogen) atoms. The maximum absolute atomic E-state index is 13.6. The van der Waals surface area contributed by atoms with Gasteiger partial charge in [-0.2, -0.15) is 0 Å². The molecule has 4 atom stereocenters. The van der Waals surface area contributed by atoms with Gasteiger partial charge in [-0.25, -0.2) is 0 Å². The lowest BCUT2D eigenvalue weighted by Crippen LogP contribution is -2.52. The molecule has 0 aromatic heterocycles. The molecule has 4 rings (SSSR count). The molecule has 3 aliphatic rings. The van der Waals surface area contributed by atoms with Crippen molar-refractivity contribution in [1.82, 2.24) is 0 Å². The van der Waals surface area contributed by atoms with Crippen molar-refractivity contribution in [3.63, 3.8) is 0 Å². The second kappa shape index (κ2) is 8.17. The molecular formula is C26H35Cl2NO. The predicted octanol–water partition coefficient (Wildman–Crippen LogP) is 8.29. The van der Waals surface area contributed by atoms with Crippen LogP contribution in [0.4, 0.5) is 5.69 Å². The monoisotopic (exact) mass is 447 g/mol. The average molecular weight is 448 g/mol. The molecule has 4 heteroatoms. The van der Waals surface area contributed by atoms with Crippen molar-refractivity contribution < 1.29 is 4.79 Å². The molecule has 1 N–H and O–H groups in total. The number of rotatable bonds is 3. The van der Waals surface area contributed by atoms with Crippen LogP contribution in [0.3, 0.4) is 0 Å². The number of nitrogens with one attached hydrogen (secondary N) is 1. The van der Waals surface area contributed by atoms with E-state index in [9.17, 15) is 4.79 Å². The average Bonchev–Trinajstić information content (AvgIpc) is 2.69. The zero-order chi connectivity index (χ0) is 21.7. The summed E-state index contributed by atoms with van der Waals surface area (Å²) in [6, 6.07) is 5.28. The van der Waals surface area contributed by atoms with Crippen LogP contribution >= 0.6 is 23.2 Å². The Morgan fingerprint density at radius 2 is 1.90 bits per heavy atom. The highest BCUT2D eigenvalue weighted by atomic mass is 35.5. The summed E-state index contributed by atoms with van der Waals surface area (Å²) < 4.78 is 0. The maximum Gasteiger partial charge on any atom is 0.230 e.